The molecular weight excluding hydrogens is 460 g/mol. The Labute approximate surface area is 193 Å². The van der Waals surface area contributed by atoms with Gasteiger partial charge in [0.15, 0.2) is 12.0 Å². The molecule has 168 valence electrons. The largest absolute Gasteiger partial charge is 0.370 e. The summed E-state index contributed by atoms with van der Waals surface area (Å²) in [7, 11) is 0. The van der Waals surface area contributed by atoms with Gasteiger partial charge in [-0.2, -0.15) is 0 Å². The van der Waals surface area contributed by atoms with Gasteiger partial charge in [-0.25, -0.2) is 14.4 Å². The summed E-state index contributed by atoms with van der Waals surface area (Å²) in [5.74, 6) is -1.22. The summed E-state index contributed by atoms with van der Waals surface area (Å²) < 4.78 is 41.7. The van der Waals surface area contributed by atoms with Crippen molar-refractivity contribution in [2.75, 3.05) is 6.61 Å². The van der Waals surface area contributed by atoms with E-state index in [0.717, 1.165) is 5.56 Å². The van der Waals surface area contributed by atoms with Crippen molar-refractivity contribution in [2.45, 2.75) is 56.7 Å². The predicted octanol–water partition coefficient (Wildman–Crippen LogP) is 4.61. The number of benzene rings is 1. The van der Waals surface area contributed by atoms with Gasteiger partial charge >= 0.3 is 0 Å². The molecule has 6 rings (SSSR count). The van der Waals surface area contributed by atoms with Gasteiger partial charge in [-0.1, -0.05) is 29.3 Å². The first-order valence-electron chi connectivity index (χ1n) is 10.4. The molecular formula is C22H20Cl2FN3O4. The van der Waals surface area contributed by atoms with E-state index in [-0.39, 0.29) is 5.02 Å². The topological polar surface area (TPSA) is 67.6 Å². The summed E-state index contributed by atoms with van der Waals surface area (Å²) in [5.41, 5.74) is 1.91. The van der Waals surface area contributed by atoms with E-state index >= 15 is 0 Å². The minimum atomic E-state index is -0.812. The lowest BCUT2D eigenvalue weighted by Gasteiger charge is -2.33. The van der Waals surface area contributed by atoms with Crippen LogP contribution < -0.4 is 0 Å². The Morgan fingerprint density at radius 2 is 1.91 bits per heavy atom. The fourth-order valence-electron chi connectivity index (χ4n) is 5.00. The van der Waals surface area contributed by atoms with Crippen molar-refractivity contribution in [3.63, 3.8) is 0 Å². The molecule has 0 spiro atoms. The number of nitrogens with zero attached hydrogens (tertiary/aromatic N) is 3. The molecule has 2 saturated heterocycles. The quantitative estimate of drug-likeness (QED) is 0.500. The second-order valence-electron chi connectivity index (χ2n) is 8.65. The minimum Gasteiger partial charge on any atom is -0.370 e. The molecule has 3 aromatic rings. The molecule has 0 N–H and O–H groups in total. The van der Waals surface area contributed by atoms with Gasteiger partial charge in [0, 0.05) is 6.20 Å². The number of ether oxygens (including phenoxy) is 4. The lowest BCUT2D eigenvalue weighted by molar-refractivity contribution is -0.212. The van der Waals surface area contributed by atoms with Crippen LogP contribution in [0.5, 0.6) is 0 Å². The normalized spacial score (nSPS) is 31.1. The van der Waals surface area contributed by atoms with Crippen LogP contribution in [0.15, 0.2) is 30.7 Å². The summed E-state index contributed by atoms with van der Waals surface area (Å²) in [6.45, 7) is 4.08. The van der Waals surface area contributed by atoms with Crippen LogP contribution in [0.1, 0.15) is 37.3 Å². The molecule has 5 heterocycles. The third-order valence-corrected chi connectivity index (χ3v) is 6.88. The molecule has 3 aliphatic rings. The Morgan fingerprint density at radius 1 is 1.09 bits per heavy atom. The highest BCUT2D eigenvalue weighted by molar-refractivity contribution is 6.33. The van der Waals surface area contributed by atoms with E-state index in [1.54, 1.807) is 12.1 Å². The zero-order valence-corrected chi connectivity index (χ0v) is 18.8. The number of hydrogen-bond acceptors (Lipinski definition) is 6. The highest BCUT2D eigenvalue weighted by Gasteiger charge is 2.59. The zero-order chi connectivity index (χ0) is 22.2. The van der Waals surface area contributed by atoms with Crippen molar-refractivity contribution in [2.24, 2.45) is 0 Å². The number of halogens is 3. The molecule has 1 unspecified atom stereocenters. The van der Waals surface area contributed by atoms with Gasteiger partial charge in [0.1, 0.15) is 47.4 Å². The fourth-order valence-corrected chi connectivity index (χ4v) is 5.37. The Kier molecular flexibility index (Phi) is 4.77. The van der Waals surface area contributed by atoms with Gasteiger partial charge in [-0.3, -0.25) is 0 Å². The monoisotopic (exact) mass is 479 g/mol. The van der Waals surface area contributed by atoms with Crippen molar-refractivity contribution in [3.8, 4) is 0 Å². The van der Waals surface area contributed by atoms with E-state index in [0.29, 0.717) is 34.8 Å². The lowest BCUT2D eigenvalue weighted by atomic mass is 9.91. The molecule has 7 nitrogen and oxygen atoms in total. The second kappa shape index (κ2) is 7.35. The summed E-state index contributed by atoms with van der Waals surface area (Å²) in [6.07, 6.45) is 1.25. The van der Waals surface area contributed by atoms with Crippen LogP contribution in [0.4, 0.5) is 4.39 Å². The number of rotatable bonds is 2. The smallest absolute Gasteiger partial charge is 0.164 e. The minimum absolute atomic E-state index is 0.101. The molecule has 0 amide bonds. The van der Waals surface area contributed by atoms with E-state index < -0.39 is 42.2 Å². The summed E-state index contributed by atoms with van der Waals surface area (Å²) >= 11 is 12.3. The van der Waals surface area contributed by atoms with Crippen molar-refractivity contribution in [1.29, 1.82) is 0 Å². The van der Waals surface area contributed by atoms with E-state index in [9.17, 15) is 4.39 Å². The van der Waals surface area contributed by atoms with Crippen molar-refractivity contribution >= 4 is 34.2 Å². The molecule has 10 heteroatoms. The standard InChI is InChI=1S/C22H20Cl2FN3O4/c1-22(2)31-17-16(15-11-3-4-13(23)14(25)10(11)6-8-29-15)30-21(18(17)32-22)28-7-5-12-19(24)26-9-27-20(12)28/h3-5,7,9,15-18,21H,6,8H2,1-2H3/t15-,16-,17-,18-,21?/m1/s1. The molecule has 0 bridgehead atoms. The number of hydrogen-bond donors (Lipinski definition) is 0. The van der Waals surface area contributed by atoms with Crippen molar-refractivity contribution in [3.05, 3.63) is 57.8 Å². The molecule has 0 radical (unpaired) electrons. The van der Waals surface area contributed by atoms with Crippen LogP contribution in [0.25, 0.3) is 11.0 Å². The Hall–Kier alpha value is -1.81. The van der Waals surface area contributed by atoms with E-state index in [1.807, 2.05) is 30.7 Å². The first kappa shape index (κ1) is 20.8. The Morgan fingerprint density at radius 3 is 2.75 bits per heavy atom. The van der Waals surface area contributed by atoms with Crippen LogP contribution in [0, 0.1) is 5.82 Å². The molecule has 1 aromatic carbocycles. The zero-order valence-electron chi connectivity index (χ0n) is 17.3. The second-order valence-corrected chi connectivity index (χ2v) is 9.42. The van der Waals surface area contributed by atoms with Crippen LogP contribution in [-0.4, -0.2) is 45.2 Å². The predicted molar refractivity (Wildman–Crippen MR) is 114 cm³/mol. The fraction of sp³-hybridized carbons (Fsp3) is 0.455. The van der Waals surface area contributed by atoms with Gasteiger partial charge in [0.2, 0.25) is 0 Å². The van der Waals surface area contributed by atoms with Crippen molar-refractivity contribution < 1.29 is 23.3 Å². The SMILES string of the molecule is CC1(C)O[C@@H]2[C@@H]([C@@H]3OCCc4c3ccc(Cl)c4F)OC(n3ccc4c(Cl)ncnc43)[C@@H]2O1. The summed E-state index contributed by atoms with van der Waals surface area (Å²) in [6, 6.07) is 5.19. The van der Waals surface area contributed by atoms with Crippen LogP contribution in [0.2, 0.25) is 10.2 Å². The highest BCUT2D eigenvalue weighted by atomic mass is 35.5. The Balaban J connectivity index is 1.43. The van der Waals surface area contributed by atoms with Crippen LogP contribution in [-0.2, 0) is 25.4 Å². The van der Waals surface area contributed by atoms with Gasteiger partial charge in [-0.15, -0.1) is 0 Å². The maximum absolute atomic E-state index is 14.7. The van der Waals surface area contributed by atoms with E-state index in [1.165, 1.54) is 6.33 Å². The Bertz CT molecular complexity index is 1220. The molecule has 2 fully saturated rings. The first-order valence-corrected chi connectivity index (χ1v) is 11.2. The van der Waals surface area contributed by atoms with E-state index in [2.05, 4.69) is 9.97 Å². The average molecular weight is 480 g/mol. The van der Waals surface area contributed by atoms with Crippen molar-refractivity contribution in [1.82, 2.24) is 14.5 Å². The molecule has 3 aliphatic heterocycles. The third-order valence-electron chi connectivity index (χ3n) is 6.29. The maximum Gasteiger partial charge on any atom is 0.164 e. The van der Waals surface area contributed by atoms with Crippen LogP contribution in [0.3, 0.4) is 0 Å². The summed E-state index contributed by atoms with van der Waals surface area (Å²) in [4.78, 5) is 8.43. The lowest BCUT2D eigenvalue weighted by Crippen LogP contribution is -2.37. The van der Waals surface area contributed by atoms with Gasteiger partial charge < -0.3 is 23.5 Å². The third kappa shape index (κ3) is 3.09. The van der Waals surface area contributed by atoms with Gasteiger partial charge in [-0.05, 0) is 43.5 Å². The first-order chi connectivity index (χ1) is 15.3. The maximum atomic E-state index is 14.7. The molecule has 2 aromatic heterocycles. The molecule has 32 heavy (non-hydrogen) atoms. The average Bonchev–Trinajstić information content (AvgIpc) is 3.42. The van der Waals surface area contributed by atoms with Gasteiger partial charge in [0.25, 0.3) is 0 Å². The molecule has 0 saturated carbocycles. The van der Waals surface area contributed by atoms with Gasteiger partial charge in [0.05, 0.1) is 17.0 Å². The number of aromatic nitrogens is 3. The molecule has 5 atom stereocenters. The summed E-state index contributed by atoms with van der Waals surface area (Å²) in [5, 5.41) is 1.18. The number of fused-ring (bicyclic) bond motifs is 3. The van der Waals surface area contributed by atoms with Crippen LogP contribution >= 0.6 is 23.2 Å². The molecule has 0 aliphatic carbocycles. The van der Waals surface area contributed by atoms with E-state index in [4.69, 9.17) is 42.1 Å². The highest BCUT2D eigenvalue weighted by Crippen LogP contribution is 2.49.